The van der Waals surface area contributed by atoms with Gasteiger partial charge in [-0.2, -0.15) is 0 Å². The summed E-state index contributed by atoms with van der Waals surface area (Å²) in [6.45, 7) is 4.28. The summed E-state index contributed by atoms with van der Waals surface area (Å²) < 4.78 is 0. The fraction of sp³-hybridized carbons (Fsp3) is 0.222. The molecular formula is C27H24N2O3. The molecule has 1 aliphatic heterocycles. The maximum absolute atomic E-state index is 13.3. The maximum atomic E-state index is 13.3. The molecule has 32 heavy (non-hydrogen) atoms. The Morgan fingerprint density at radius 1 is 1.03 bits per heavy atom. The standard InChI is InChI=1S/C27H24N2O3/c1-27(2)15-20-25-19-9-5-3-7-17(19)11-13-21(25)28-22(26(20)24(30)16-27)14-12-18-8-4-6-10-23(18)29(31)32/h3-14,22,28H,15-16H2,1-2H3/b14-12-/t22-/m0/s1. The molecule has 0 spiro atoms. The van der Waals surface area contributed by atoms with E-state index in [2.05, 4.69) is 43.4 Å². The molecule has 3 aromatic carbocycles. The smallest absolute Gasteiger partial charge is 0.276 e. The SMILES string of the molecule is CC1(C)CC(=O)C2=C(C1)c1c(ccc3ccccc13)N[C@H]2/C=C\c1ccccc1[N+](=O)[O-]. The van der Waals surface area contributed by atoms with E-state index >= 15 is 0 Å². The number of ketones is 1. The monoisotopic (exact) mass is 424 g/mol. The van der Waals surface area contributed by atoms with Crippen LogP contribution in [0.2, 0.25) is 0 Å². The lowest BCUT2D eigenvalue weighted by atomic mass is 9.68. The van der Waals surface area contributed by atoms with Gasteiger partial charge in [-0.1, -0.05) is 62.4 Å². The number of nitrogens with one attached hydrogen (secondary N) is 1. The minimum atomic E-state index is -0.381. The molecule has 0 saturated carbocycles. The van der Waals surface area contributed by atoms with E-state index in [9.17, 15) is 14.9 Å². The van der Waals surface area contributed by atoms with Gasteiger partial charge in [-0.25, -0.2) is 0 Å². The van der Waals surface area contributed by atoms with Gasteiger partial charge in [0.1, 0.15) is 0 Å². The Bertz CT molecular complexity index is 1330. The van der Waals surface area contributed by atoms with Crippen LogP contribution in [0.3, 0.4) is 0 Å². The first-order chi connectivity index (χ1) is 15.3. The predicted octanol–water partition coefficient (Wildman–Crippen LogP) is 6.40. The van der Waals surface area contributed by atoms with Crippen LogP contribution in [0.15, 0.2) is 72.3 Å². The Hall–Kier alpha value is -3.73. The fourth-order valence-corrected chi connectivity index (χ4v) is 5.01. The third-order valence-electron chi connectivity index (χ3n) is 6.37. The van der Waals surface area contributed by atoms with Gasteiger partial charge in [-0.15, -0.1) is 0 Å². The molecule has 0 bridgehead atoms. The van der Waals surface area contributed by atoms with Crippen molar-refractivity contribution in [2.45, 2.75) is 32.7 Å². The predicted molar refractivity (Wildman–Crippen MR) is 128 cm³/mol. The van der Waals surface area contributed by atoms with Crippen LogP contribution < -0.4 is 5.32 Å². The van der Waals surface area contributed by atoms with E-state index in [1.807, 2.05) is 18.2 Å². The lowest BCUT2D eigenvalue weighted by Crippen LogP contribution is -2.36. The molecule has 0 saturated heterocycles. The van der Waals surface area contributed by atoms with Gasteiger partial charge >= 0.3 is 0 Å². The second-order valence-electron chi connectivity index (χ2n) is 9.34. The Balaban J connectivity index is 1.67. The number of anilines is 1. The summed E-state index contributed by atoms with van der Waals surface area (Å²) in [6.07, 6.45) is 4.93. The van der Waals surface area contributed by atoms with Gasteiger partial charge in [0.2, 0.25) is 0 Å². The van der Waals surface area contributed by atoms with Crippen molar-refractivity contribution in [3.63, 3.8) is 0 Å². The fourth-order valence-electron chi connectivity index (χ4n) is 5.01. The zero-order valence-corrected chi connectivity index (χ0v) is 18.1. The molecule has 5 nitrogen and oxygen atoms in total. The topological polar surface area (TPSA) is 72.2 Å². The first-order valence-corrected chi connectivity index (χ1v) is 10.8. The zero-order chi connectivity index (χ0) is 22.5. The number of rotatable bonds is 3. The second kappa shape index (κ2) is 7.45. The van der Waals surface area contributed by atoms with Crippen LogP contribution in [0.25, 0.3) is 22.4 Å². The Kier molecular flexibility index (Phi) is 4.70. The van der Waals surface area contributed by atoms with Crippen LogP contribution in [-0.2, 0) is 4.79 Å². The summed E-state index contributed by atoms with van der Waals surface area (Å²) in [4.78, 5) is 24.4. The highest BCUT2D eigenvalue weighted by molar-refractivity contribution is 6.13. The van der Waals surface area contributed by atoms with Gasteiger partial charge in [-0.3, -0.25) is 14.9 Å². The molecule has 1 N–H and O–H groups in total. The highest BCUT2D eigenvalue weighted by Crippen LogP contribution is 2.49. The van der Waals surface area contributed by atoms with E-state index < -0.39 is 0 Å². The average molecular weight is 425 g/mol. The highest BCUT2D eigenvalue weighted by atomic mass is 16.6. The van der Waals surface area contributed by atoms with Crippen LogP contribution in [0.1, 0.15) is 37.8 Å². The number of hydrogen-bond donors (Lipinski definition) is 1. The second-order valence-corrected chi connectivity index (χ2v) is 9.34. The Morgan fingerprint density at radius 3 is 2.59 bits per heavy atom. The molecule has 0 radical (unpaired) electrons. The number of Topliss-reactive ketones (excluding diaryl/α,β-unsaturated/α-hetero) is 1. The van der Waals surface area contributed by atoms with Gasteiger partial charge in [0, 0.05) is 29.3 Å². The summed E-state index contributed by atoms with van der Waals surface area (Å²) >= 11 is 0. The van der Waals surface area contributed by atoms with Crippen LogP contribution in [0, 0.1) is 15.5 Å². The summed E-state index contributed by atoms with van der Waals surface area (Å²) in [5.74, 6) is 0.138. The molecule has 160 valence electrons. The van der Waals surface area contributed by atoms with E-state index in [1.165, 1.54) is 6.07 Å². The number of allylic oxidation sites excluding steroid dienone is 1. The van der Waals surface area contributed by atoms with Gasteiger partial charge in [0.15, 0.2) is 5.78 Å². The van der Waals surface area contributed by atoms with Crippen molar-refractivity contribution in [2.24, 2.45) is 5.41 Å². The molecule has 5 heteroatoms. The number of nitro groups is 1. The zero-order valence-electron chi connectivity index (χ0n) is 18.1. The Labute approximate surface area is 186 Å². The largest absolute Gasteiger partial charge is 0.374 e. The van der Waals surface area contributed by atoms with Crippen molar-refractivity contribution in [3.05, 3.63) is 93.6 Å². The van der Waals surface area contributed by atoms with Crippen LogP contribution in [0.5, 0.6) is 0 Å². The van der Waals surface area contributed by atoms with Gasteiger partial charge in [0.25, 0.3) is 5.69 Å². The average Bonchev–Trinajstić information content (AvgIpc) is 2.76. The molecule has 0 amide bonds. The van der Waals surface area contributed by atoms with Crippen LogP contribution in [-0.4, -0.2) is 16.7 Å². The van der Waals surface area contributed by atoms with E-state index in [0.29, 0.717) is 12.0 Å². The third kappa shape index (κ3) is 3.40. The first kappa shape index (κ1) is 20.2. The van der Waals surface area contributed by atoms with E-state index in [0.717, 1.165) is 39.6 Å². The van der Waals surface area contributed by atoms with E-state index in [1.54, 1.807) is 24.3 Å². The van der Waals surface area contributed by atoms with Crippen molar-refractivity contribution < 1.29 is 9.72 Å². The molecule has 5 rings (SSSR count). The van der Waals surface area contributed by atoms with Crippen molar-refractivity contribution in [1.29, 1.82) is 0 Å². The number of carbonyl (C=O) groups is 1. The Morgan fingerprint density at radius 2 is 1.78 bits per heavy atom. The van der Waals surface area contributed by atoms with Crippen molar-refractivity contribution in [1.82, 2.24) is 0 Å². The van der Waals surface area contributed by atoms with Crippen molar-refractivity contribution in [3.8, 4) is 0 Å². The molecule has 3 aromatic rings. The lowest BCUT2D eigenvalue weighted by molar-refractivity contribution is -0.385. The number of benzene rings is 3. The third-order valence-corrected chi connectivity index (χ3v) is 6.37. The summed E-state index contributed by atoms with van der Waals surface area (Å²) in [7, 11) is 0. The van der Waals surface area contributed by atoms with Crippen LogP contribution >= 0.6 is 0 Å². The van der Waals surface area contributed by atoms with E-state index in [-0.39, 0.29) is 27.9 Å². The molecule has 0 aromatic heterocycles. The molecule has 1 atom stereocenters. The number of nitrogens with zero attached hydrogens (tertiary/aromatic N) is 1. The lowest BCUT2D eigenvalue weighted by Gasteiger charge is -2.39. The van der Waals surface area contributed by atoms with Gasteiger partial charge in [0.05, 0.1) is 16.5 Å². The molecule has 1 aliphatic carbocycles. The highest BCUT2D eigenvalue weighted by Gasteiger charge is 2.39. The summed E-state index contributed by atoms with van der Waals surface area (Å²) in [5.41, 5.74) is 4.43. The first-order valence-electron chi connectivity index (χ1n) is 10.8. The van der Waals surface area contributed by atoms with Crippen LogP contribution in [0.4, 0.5) is 11.4 Å². The van der Waals surface area contributed by atoms with Crippen molar-refractivity contribution in [2.75, 3.05) is 5.32 Å². The molecule has 0 unspecified atom stereocenters. The molecular weight excluding hydrogens is 400 g/mol. The number of para-hydroxylation sites is 1. The normalized spacial score (nSPS) is 19.6. The summed E-state index contributed by atoms with van der Waals surface area (Å²) in [5, 5.41) is 17.2. The van der Waals surface area contributed by atoms with Gasteiger partial charge in [-0.05, 0) is 46.4 Å². The quantitative estimate of drug-likeness (QED) is 0.390. The summed E-state index contributed by atoms with van der Waals surface area (Å²) in [6, 6.07) is 18.7. The number of hydrogen-bond acceptors (Lipinski definition) is 4. The maximum Gasteiger partial charge on any atom is 0.276 e. The van der Waals surface area contributed by atoms with Gasteiger partial charge < -0.3 is 5.32 Å². The van der Waals surface area contributed by atoms with Crippen molar-refractivity contribution >= 4 is 39.6 Å². The minimum Gasteiger partial charge on any atom is -0.374 e. The van der Waals surface area contributed by atoms with E-state index in [4.69, 9.17) is 0 Å². The number of carbonyl (C=O) groups excluding carboxylic acids is 1. The molecule has 1 heterocycles. The molecule has 2 aliphatic rings. The number of fused-ring (bicyclic) bond motifs is 4. The molecule has 0 fully saturated rings. The minimum absolute atomic E-state index is 0.0521. The number of nitro benzene ring substituents is 1.